The largest absolute Gasteiger partial charge is 0.298 e. The second kappa shape index (κ2) is 7.55. The Morgan fingerprint density at radius 2 is 2.04 bits per heavy atom. The predicted octanol–water partition coefficient (Wildman–Crippen LogP) is 4.31. The van der Waals surface area contributed by atoms with Crippen LogP contribution in [0.2, 0.25) is 0 Å². The first kappa shape index (κ1) is 19.5. The van der Waals surface area contributed by atoms with Gasteiger partial charge in [-0.05, 0) is 71.1 Å². The van der Waals surface area contributed by atoms with Gasteiger partial charge in [-0.1, -0.05) is 24.3 Å². The van der Waals surface area contributed by atoms with Crippen molar-refractivity contribution in [3.8, 4) is 0 Å². The van der Waals surface area contributed by atoms with Crippen molar-refractivity contribution in [1.29, 1.82) is 0 Å². The molecule has 28 heavy (non-hydrogen) atoms. The van der Waals surface area contributed by atoms with E-state index in [9.17, 15) is 13.2 Å². The summed E-state index contributed by atoms with van der Waals surface area (Å²) in [6, 6.07) is 10.5. The molecular formula is C19H18BrN3O3S2. The third-order valence-corrected chi connectivity index (χ3v) is 7.62. The lowest BCUT2D eigenvalue weighted by atomic mass is 10.2. The molecule has 1 aromatic heterocycles. The van der Waals surface area contributed by atoms with Gasteiger partial charge in [-0.2, -0.15) is 0 Å². The van der Waals surface area contributed by atoms with Crippen molar-refractivity contribution in [3.05, 3.63) is 52.0 Å². The van der Waals surface area contributed by atoms with Gasteiger partial charge in [0.2, 0.25) is 10.0 Å². The SMILES string of the molecule is CCc1ccc2nc(NC(=O)c3cc(S(=O)(=O)NC4CC4)ccc3Br)sc2c1. The second-order valence-corrected chi connectivity index (χ2v) is 10.3. The van der Waals surface area contributed by atoms with Gasteiger partial charge in [-0.15, -0.1) is 0 Å². The smallest absolute Gasteiger partial charge is 0.258 e. The molecule has 0 radical (unpaired) electrons. The zero-order valence-electron chi connectivity index (χ0n) is 15.0. The van der Waals surface area contributed by atoms with Gasteiger partial charge in [-0.3, -0.25) is 10.1 Å². The highest BCUT2D eigenvalue weighted by molar-refractivity contribution is 9.10. The fourth-order valence-electron chi connectivity index (χ4n) is 2.74. The molecule has 0 atom stereocenters. The molecule has 4 rings (SSSR count). The van der Waals surface area contributed by atoms with Crippen LogP contribution < -0.4 is 10.0 Å². The molecule has 9 heteroatoms. The lowest BCUT2D eigenvalue weighted by Crippen LogP contribution is -2.26. The van der Waals surface area contributed by atoms with Crippen molar-refractivity contribution in [3.63, 3.8) is 0 Å². The number of sulfonamides is 1. The number of halogens is 1. The first-order chi connectivity index (χ1) is 13.4. The predicted molar refractivity (Wildman–Crippen MR) is 114 cm³/mol. The molecular weight excluding hydrogens is 462 g/mol. The molecule has 1 heterocycles. The van der Waals surface area contributed by atoms with Gasteiger partial charge in [0.05, 0.1) is 20.7 Å². The van der Waals surface area contributed by atoms with Gasteiger partial charge in [-0.25, -0.2) is 18.1 Å². The first-order valence-corrected chi connectivity index (χ1v) is 12.0. The topological polar surface area (TPSA) is 88.2 Å². The van der Waals surface area contributed by atoms with Crippen molar-refractivity contribution in [2.45, 2.75) is 37.1 Å². The van der Waals surface area contributed by atoms with E-state index >= 15 is 0 Å². The van der Waals surface area contributed by atoms with Crippen molar-refractivity contribution in [1.82, 2.24) is 9.71 Å². The van der Waals surface area contributed by atoms with Gasteiger partial charge in [0.15, 0.2) is 5.13 Å². The molecule has 1 amide bonds. The summed E-state index contributed by atoms with van der Waals surface area (Å²) < 4.78 is 29.0. The van der Waals surface area contributed by atoms with E-state index in [0.29, 0.717) is 9.60 Å². The Morgan fingerprint density at radius 3 is 2.75 bits per heavy atom. The summed E-state index contributed by atoms with van der Waals surface area (Å²) >= 11 is 4.73. The second-order valence-electron chi connectivity index (χ2n) is 6.67. The molecule has 6 nitrogen and oxygen atoms in total. The fourth-order valence-corrected chi connectivity index (χ4v) is 5.42. The third-order valence-electron chi connectivity index (χ3n) is 4.47. The van der Waals surface area contributed by atoms with Gasteiger partial charge >= 0.3 is 0 Å². The lowest BCUT2D eigenvalue weighted by molar-refractivity contribution is 0.102. The van der Waals surface area contributed by atoms with E-state index in [4.69, 9.17) is 0 Å². The number of benzene rings is 2. The molecule has 146 valence electrons. The highest BCUT2D eigenvalue weighted by atomic mass is 79.9. The molecule has 1 fully saturated rings. The number of anilines is 1. The van der Waals surface area contributed by atoms with E-state index in [1.54, 1.807) is 6.07 Å². The van der Waals surface area contributed by atoms with Crippen molar-refractivity contribution in [2.24, 2.45) is 0 Å². The normalized spacial score (nSPS) is 14.4. The van der Waals surface area contributed by atoms with Crippen molar-refractivity contribution in [2.75, 3.05) is 5.32 Å². The highest BCUT2D eigenvalue weighted by Gasteiger charge is 2.28. The number of amides is 1. The molecule has 1 aliphatic rings. The minimum atomic E-state index is -3.63. The van der Waals surface area contributed by atoms with Crippen LogP contribution in [-0.2, 0) is 16.4 Å². The van der Waals surface area contributed by atoms with Crippen LogP contribution in [0, 0.1) is 0 Å². The minimum Gasteiger partial charge on any atom is -0.298 e. The number of aromatic nitrogens is 1. The summed E-state index contributed by atoms with van der Waals surface area (Å²) in [6.45, 7) is 2.08. The molecule has 0 bridgehead atoms. The van der Waals surface area contributed by atoms with Gasteiger partial charge in [0.1, 0.15) is 0 Å². The van der Waals surface area contributed by atoms with Crippen LogP contribution in [0.3, 0.4) is 0 Å². The van der Waals surface area contributed by atoms with Crippen LogP contribution in [-0.4, -0.2) is 25.4 Å². The molecule has 0 spiro atoms. The summed E-state index contributed by atoms with van der Waals surface area (Å²) in [6.07, 6.45) is 2.62. The number of fused-ring (bicyclic) bond motifs is 1. The van der Waals surface area contributed by atoms with Crippen LogP contribution in [0.15, 0.2) is 45.8 Å². The number of aryl methyl sites for hydroxylation is 1. The van der Waals surface area contributed by atoms with Crippen LogP contribution >= 0.6 is 27.3 Å². The average Bonchev–Trinajstić information content (AvgIpc) is 3.37. The Kier molecular flexibility index (Phi) is 5.26. The van der Waals surface area contributed by atoms with Crippen molar-refractivity contribution >= 4 is 58.5 Å². The lowest BCUT2D eigenvalue weighted by Gasteiger charge is -2.09. The summed E-state index contributed by atoms with van der Waals surface area (Å²) in [5, 5.41) is 3.26. The number of nitrogens with zero attached hydrogens (tertiary/aromatic N) is 1. The third kappa shape index (κ3) is 4.12. The summed E-state index contributed by atoms with van der Waals surface area (Å²) in [7, 11) is -3.63. The summed E-state index contributed by atoms with van der Waals surface area (Å²) in [4.78, 5) is 17.3. The Hall–Kier alpha value is -1.81. The van der Waals surface area contributed by atoms with Gasteiger partial charge in [0.25, 0.3) is 5.91 Å². The van der Waals surface area contributed by atoms with E-state index in [2.05, 4.69) is 43.9 Å². The van der Waals surface area contributed by atoms with E-state index < -0.39 is 15.9 Å². The Labute approximate surface area is 175 Å². The van der Waals surface area contributed by atoms with Gasteiger partial charge < -0.3 is 0 Å². The monoisotopic (exact) mass is 479 g/mol. The van der Waals surface area contributed by atoms with Crippen LogP contribution in [0.5, 0.6) is 0 Å². The number of hydrogen-bond donors (Lipinski definition) is 2. The molecule has 2 aromatic carbocycles. The Morgan fingerprint density at radius 1 is 1.25 bits per heavy atom. The summed E-state index contributed by atoms with van der Waals surface area (Å²) in [5.41, 5.74) is 2.27. The fraction of sp³-hybridized carbons (Fsp3) is 0.263. The Bertz CT molecular complexity index is 1170. The van der Waals surface area contributed by atoms with Crippen LogP contribution in [0.25, 0.3) is 10.2 Å². The van der Waals surface area contributed by atoms with E-state index in [1.807, 2.05) is 12.1 Å². The minimum absolute atomic E-state index is 0.00156. The molecule has 1 aliphatic carbocycles. The number of rotatable bonds is 6. The average molecular weight is 480 g/mol. The molecule has 0 saturated heterocycles. The molecule has 2 N–H and O–H groups in total. The van der Waals surface area contributed by atoms with E-state index in [1.165, 1.54) is 29.0 Å². The zero-order chi connectivity index (χ0) is 19.9. The van der Waals surface area contributed by atoms with Crippen LogP contribution in [0.4, 0.5) is 5.13 Å². The number of nitrogens with one attached hydrogen (secondary N) is 2. The standard InChI is InChI=1S/C19H18BrN3O3S2/c1-2-11-3-8-16-17(9-11)27-19(21-16)22-18(24)14-10-13(6-7-15(14)20)28(25,26)23-12-4-5-12/h3,6-10,12,23H,2,4-5H2,1H3,(H,21,22,24). The van der Waals surface area contributed by atoms with Crippen LogP contribution in [0.1, 0.15) is 35.7 Å². The highest BCUT2D eigenvalue weighted by Crippen LogP contribution is 2.29. The number of thiazole rings is 1. The molecule has 0 aliphatic heterocycles. The Balaban J connectivity index is 1.60. The maximum Gasteiger partial charge on any atom is 0.258 e. The number of carbonyl (C=O) groups excluding carboxylic acids is 1. The van der Waals surface area contributed by atoms with Crippen molar-refractivity contribution < 1.29 is 13.2 Å². The van der Waals surface area contributed by atoms with Gasteiger partial charge in [0, 0.05) is 10.5 Å². The quantitative estimate of drug-likeness (QED) is 0.550. The molecule has 0 unspecified atom stereocenters. The maximum atomic E-state index is 12.8. The van der Waals surface area contributed by atoms with E-state index in [0.717, 1.165) is 29.5 Å². The number of carbonyl (C=O) groups is 1. The number of hydrogen-bond acceptors (Lipinski definition) is 5. The summed E-state index contributed by atoms with van der Waals surface area (Å²) in [5.74, 6) is -0.412. The van der Waals surface area contributed by atoms with E-state index in [-0.39, 0.29) is 16.5 Å². The maximum absolute atomic E-state index is 12.8. The first-order valence-electron chi connectivity index (χ1n) is 8.88. The molecule has 1 saturated carbocycles. The zero-order valence-corrected chi connectivity index (χ0v) is 18.2. The molecule has 3 aromatic rings.